The maximum atomic E-state index is 15.0. The van der Waals surface area contributed by atoms with Gasteiger partial charge in [-0.2, -0.15) is 4.31 Å². The molecule has 1 unspecified atom stereocenters. The highest BCUT2D eigenvalue weighted by Gasteiger charge is 2.27. The average molecular weight is 529 g/mol. The third-order valence-corrected chi connectivity index (χ3v) is 8.43. The minimum absolute atomic E-state index is 0.0446. The van der Waals surface area contributed by atoms with Crippen molar-refractivity contribution in [3.05, 3.63) is 70.7 Å². The molecule has 0 saturated carbocycles. The van der Waals surface area contributed by atoms with Crippen molar-refractivity contribution >= 4 is 15.7 Å². The van der Waals surface area contributed by atoms with Crippen LogP contribution in [0.15, 0.2) is 36.5 Å². The zero-order valence-corrected chi connectivity index (χ0v) is 22.0. The van der Waals surface area contributed by atoms with E-state index in [1.165, 1.54) is 16.6 Å². The predicted molar refractivity (Wildman–Crippen MR) is 138 cm³/mol. The molecule has 2 aliphatic heterocycles. The van der Waals surface area contributed by atoms with E-state index in [0.29, 0.717) is 56.2 Å². The van der Waals surface area contributed by atoms with Crippen molar-refractivity contribution in [2.75, 3.05) is 30.9 Å². The SMILES string of the molecule is CCC(C)N1CCOc2c(F)cc(-c3nc(Cc4ccc5c(c4)CCN(S(C)(=O)=O)C5)ncc3F)cc21. The molecule has 0 spiro atoms. The molecule has 0 N–H and O–H groups in total. The van der Waals surface area contributed by atoms with E-state index in [1.54, 1.807) is 6.07 Å². The van der Waals surface area contributed by atoms with Crippen LogP contribution < -0.4 is 9.64 Å². The fourth-order valence-corrected chi connectivity index (χ4v) is 5.76. The van der Waals surface area contributed by atoms with Crippen LogP contribution in [-0.4, -0.2) is 54.7 Å². The third-order valence-electron chi connectivity index (χ3n) is 7.18. The molecule has 1 atom stereocenters. The Bertz CT molecular complexity index is 1450. The van der Waals surface area contributed by atoms with E-state index in [-0.39, 0.29) is 17.5 Å². The summed E-state index contributed by atoms with van der Waals surface area (Å²) in [6.07, 6.45) is 4.21. The molecule has 0 aliphatic carbocycles. The van der Waals surface area contributed by atoms with Crippen LogP contribution in [0.3, 0.4) is 0 Å². The van der Waals surface area contributed by atoms with Gasteiger partial charge in [0.05, 0.1) is 24.7 Å². The van der Waals surface area contributed by atoms with Gasteiger partial charge < -0.3 is 9.64 Å². The van der Waals surface area contributed by atoms with Crippen LogP contribution in [0.25, 0.3) is 11.3 Å². The summed E-state index contributed by atoms with van der Waals surface area (Å²) in [4.78, 5) is 10.7. The molecule has 0 saturated heterocycles. The van der Waals surface area contributed by atoms with Gasteiger partial charge in [0.15, 0.2) is 17.4 Å². The fraction of sp³-hybridized carbons (Fsp3) is 0.407. The van der Waals surface area contributed by atoms with Crippen molar-refractivity contribution in [1.82, 2.24) is 14.3 Å². The van der Waals surface area contributed by atoms with Crippen molar-refractivity contribution in [2.45, 2.75) is 45.7 Å². The minimum atomic E-state index is -3.24. The average Bonchev–Trinajstić information content (AvgIpc) is 2.88. The number of benzene rings is 2. The second-order valence-corrected chi connectivity index (χ2v) is 11.7. The molecule has 0 fully saturated rings. The van der Waals surface area contributed by atoms with E-state index in [0.717, 1.165) is 29.3 Å². The summed E-state index contributed by atoms with van der Waals surface area (Å²) < 4.78 is 60.8. The number of hydrogen-bond donors (Lipinski definition) is 0. The summed E-state index contributed by atoms with van der Waals surface area (Å²) in [5, 5.41) is 0. The Morgan fingerprint density at radius 2 is 1.92 bits per heavy atom. The van der Waals surface area contributed by atoms with Crippen LogP contribution in [0.1, 0.15) is 42.8 Å². The van der Waals surface area contributed by atoms with Crippen LogP contribution in [0.4, 0.5) is 14.5 Å². The van der Waals surface area contributed by atoms with Gasteiger partial charge in [0.25, 0.3) is 0 Å². The molecular formula is C27H30F2N4O3S. The van der Waals surface area contributed by atoms with Crippen molar-refractivity contribution in [2.24, 2.45) is 0 Å². The van der Waals surface area contributed by atoms with Crippen LogP contribution >= 0.6 is 0 Å². The second kappa shape index (κ2) is 9.98. The number of halogens is 2. The number of aromatic nitrogens is 2. The first-order valence-electron chi connectivity index (χ1n) is 12.4. The summed E-state index contributed by atoms with van der Waals surface area (Å²) in [6, 6.07) is 9.05. The highest BCUT2D eigenvalue weighted by atomic mass is 32.2. The number of hydrogen-bond acceptors (Lipinski definition) is 6. The van der Waals surface area contributed by atoms with Gasteiger partial charge in [-0.05, 0) is 48.6 Å². The number of ether oxygens (including phenoxy) is 1. The second-order valence-electron chi connectivity index (χ2n) is 9.71. The van der Waals surface area contributed by atoms with Crippen molar-refractivity contribution in [3.8, 4) is 17.0 Å². The smallest absolute Gasteiger partial charge is 0.211 e. The van der Waals surface area contributed by atoms with Gasteiger partial charge >= 0.3 is 0 Å². The molecule has 7 nitrogen and oxygen atoms in total. The molecular weight excluding hydrogens is 498 g/mol. The first-order chi connectivity index (χ1) is 17.6. The minimum Gasteiger partial charge on any atom is -0.486 e. The van der Waals surface area contributed by atoms with Gasteiger partial charge in [-0.3, -0.25) is 0 Å². The normalized spacial score (nSPS) is 16.6. The Labute approximate surface area is 216 Å². The highest BCUT2D eigenvalue weighted by Crippen LogP contribution is 2.39. The van der Waals surface area contributed by atoms with Gasteiger partial charge in [-0.15, -0.1) is 0 Å². The lowest BCUT2D eigenvalue weighted by atomic mass is 9.97. The summed E-state index contributed by atoms with van der Waals surface area (Å²) in [7, 11) is -3.24. The number of rotatable bonds is 6. The lowest BCUT2D eigenvalue weighted by Crippen LogP contribution is -2.39. The predicted octanol–water partition coefficient (Wildman–Crippen LogP) is 4.33. The molecule has 196 valence electrons. The van der Waals surface area contributed by atoms with Crippen LogP contribution in [0, 0.1) is 11.6 Å². The van der Waals surface area contributed by atoms with E-state index in [1.807, 2.05) is 18.2 Å². The number of sulfonamides is 1. The Balaban J connectivity index is 1.44. The summed E-state index contributed by atoms with van der Waals surface area (Å²) in [5.41, 5.74) is 3.98. The zero-order chi connectivity index (χ0) is 26.3. The fourth-order valence-electron chi connectivity index (χ4n) is 4.96. The molecule has 0 bridgehead atoms. The maximum absolute atomic E-state index is 15.0. The first-order valence-corrected chi connectivity index (χ1v) is 14.3. The van der Waals surface area contributed by atoms with Gasteiger partial charge in [-0.25, -0.2) is 27.2 Å². The van der Waals surface area contributed by atoms with Crippen molar-refractivity contribution < 1.29 is 21.9 Å². The highest BCUT2D eigenvalue weighted by molar-refractivity contribution is 7.88. The van der Waals surface area contributed by atoms with Crippen LogP contribution in [-0.2, 0) is 29.4 Å². The molecule has 0 amide bonds. The number of fused-ring (bicyclic) bond motifs is 2. The monoisotopic (exact) mass is 528 g/mol. The Hall–Kier alpha value is -3.11. The molecule has 3 heterocycles. The quantitative estimate of drug-likeness (QED) is 0.474. The summed E-state index contributed by atoms with van der Waals surface area (Å²) >= 11 is 0. The zero-order valence-electron chi connectivity index (χ0n) is 21.2. The van der Waals surface area contributed by atoms with Gasteiger partial charge in [0, 0.05) is 31.1 Å². The van der Waals surface area contributed by atoms with Crippen molar-refractivity contribution in [3.63, 3.8) is 0 Å². The molecule has 5 rings (SSSR count). The van der Waals surface area contributed by atoms with E-state index in [2.05, 4.69) is 28.7 Å². The molecule has 0 radical (unpaired) electrons. The largest absolute Gasteiger partial charge is 0.486 e. The van der Waals surface area contributed by atoms with E-state index in [4.69, 9.17) is 4.74 Å². The van der Waals surface area contributed by atoms with E-state index in [9.17, 15) is 12.8 Å². The Kier molecular flexibility index (Phi) is 6.89. The Morgan fingerprint density at radius 3 is 2.68 bits per heavy atom. The van der Waals surface area contributed by atoms with Gasteiger partial charge in [0.1, 0.15) is 18.1 Å². The summed E-state index contributed by atoms with van der Waals surface area (Å²) in [6.45, 7) is 5.95. The topological polar surface area (TPSA) is 75.6 Å². The maximum Gasteiger partial charge on any atom is 0.211 e. The van der Waals surface area contributed by atoms with Crippen molar-refractivity contribution in [1.29, 1.82) is 0 Å². The lowest BCUT2D eigenvalue weighted by molar-refractivity contribution is 0.285. The molecule has 2 aromatic carbocycles. The van der Waals surface area contributed by atoms with Crippen LogP contribution in [0.5, 0.6) is 5.75 Å². The molecule has 2 aliphatic rings. The lowest BCUT2D eigenvalue weighted by Gasteiger charge is -2.36. The molecule has 10 heteroatoms. The molecule has 1 aromatic heterocycles. The van der Waals surface area contributed by atoms with Crippen LogP contribution in [0.2, 0.25) is 0 Å². The van der Waals surface area contributed by atoms with E-state index >= 15 is 4.39 Å². The Morgan fingerprint density at radius 1 is 1.11 bits per heavy atom. The van der Waals surface area contributed by atoms with E-state index < -0.39 is 21.7 Å². The standard InChI is InChI=1S/C27H30F2N4O3S/c1-4-17(2)33-9-10-36-27-22(28)13-21(14-24(27)33)26-23(29)15-30-25(31-26)12-18-5-6-20-16-32(37(3,34)35)8-7-19(20)11-18/h5-6,11,13-15,17H,4,7-10,12,16H2,1-3H3. The molecule has 37 heavy (non-hydrogen) atoms. The number of anilines is 1. The van der Waals surface area contributed by atoms with Gasteiger partial charge in [-0.1, -0.05) is 25.1 Å². The first kappa shape index (κ1) is 25.5. The summed E-state index contributed by atoms with van der Waals surface area (Å²) in [5.74, 6) is -0.564. The third kappa shape index (κ3) is 5.17. The van der Waals surface area contributed by atoms with Gasteiger partial charge in [0.2, 0.25) is 10.0 Å². The number of nitrogens with zero attached hydrogens (tertiary/aromatic N) is 4. The molecule has 3 aromatic rings.